The zero-order chi connectivity index (χ0) is 9.80. The molecule has 0 amide bonds. The van der Waals surface area contributed by atoms with Crippen LogP contribution in [0.3, 0.4) is 0 Å². The largest absolute Gasteiger partial charge is 0.379 e. The van der Waals surface area contributed by atoms with E-state index in [2.05, 4.69) is 23.6 Å². The average Bonchev–Trinajstić information content (AvgIpc) is 2.19. The minimum Gasteiger partial charge on any atom is -0.379 e. The monoisotopic (exact) mass is 196 g/mol. The van der Waals surface area contributed by atoms with Gasteiger partial charge in [0.05, 0.1) is 13.2 Å². The molecule has 2 rings (SSSR count). The summed E-state index contributed by atoms with van der Waals surface area (Å²) >= 11 is 0. The van der Waals surface area contributed by atoms with Crippen molar-refractivity contribution in [1.29, 1.82) is 0 Å². The minimum absolute atomic E-state index is 0.531. The van der Waals surface area contributed by atoms with Crippen LogP contribution in [0.15, 0.2) is 11.6 Å². The van der Waals surface area contributed by atoms with Crippen LogP contribution in [-0.2, 0) is 4.74 Å². The summed E-state index contributed by atoms with van der Waals surface area (Å²) in [4.78, 5) is 0. The normalized spacial score (nSPS) is 33.9. The summed E-state index contributed by atoms with van der Waals surface area (Å²) in [5.41, 5.74) is 1.52. The highest BCUT2D eigenvalue weighted by Gasteiger charge is 2.18. The lowest BCUT2D eigenvalue weighted by molar-refractivity contribution is 0.0720. The van der Waals surface area contributed by atoms with Crippen LogP contribution >= 0.6 is 0 Å². The molecule has 1 saturated heterocycles. The molecule has 0 aromatic heterocycles. The van der Waals surface area contributed by atoms with Crippen LogP contribution < -0.4 is 10.6 Å². The Bertz CT molecular complexity index is 209. The first-order valence-corrected chi connectivity index (χ1v) is 5.56. The van der Waals surface area contributed by atoms with Crippen LogP contribution in [0.2, 0.25) is 0 Å². The van der Waals surface area contributed by atoms with E-state index in [1.807, 2.05) is 0 Å². The van der Waals surface area contributed by atoms with Crippen LogP contribution in [0, 0.1) is 0 Å². The molecule has 2 N–H and O–H groups in total. The number of nitrogens with one attached hydrogen (secondary N) is 2. The third-order valence-electron chi connectivity index (χ3n) is 2.95. The average molecular weight is 196 g/mol. The van der Waals surface area contributed by atoms with Crippen molar-refractivity contribution >= 4 is 0 Å². The Morgan fingerprint density at radius 3 is 3.07 bits per heavy atom. The summed E-state index contributed by atoms with van der Waals surface area (Å²) in [6.45, 7) is 6.08. The van der Waals surface area contributed by atoms with E-state index >= 15 is 0 Å². The van der Waals surface area contributed by atoms with E-state index in [0.717, 1.165) is 32.7 Å². The van der Waals surface area contributed by atoms with Crippen molar-refractivity contribution in [1.82, 2.24) is 10.6 Å². The van der Waals surface area contributed by atoms with Crippen molar-refractivity contribution in [3.05, 3.63) is 11.6 Å². The van der Waals surface area contributed by atoms with Crippen LogP contribution in [0.1, 0.15) is 19.8 Å². The van der Waals surface area contributed by atoms with Gasteiger partial charge in [-0.05, 0) is 26.3 Å². The fourth-order valence-electron chi connectivity index (χ4n) is 2.17. The SMILES string of the molecule is CC1=CC(C[C@H]2COCCN2)NCC1. The second-order valence-electron chi connectivity index (χ2n) is 4.29. The Labute approximate surface area is 85.9 Å². The summed E-state index contributed by atoms with van der Waals surface area (Å²) in [6.07, 6.45) is 4.71. The molecule has 0 aliphatic carbocycles. The van der Waals surface area contributed by atoms with Gasteiger partial charge in [-0.25, -0.2) is 0 Å². The van der Waals surface area contributed by atoms with Crippen LogP contribution in [0.25, 0.3) is 0 Å². The molecule has 0 aromatic rings. The first-order chi connectivity index (χ1) is 6.84. The van der Waals surface area contributed by atoms with E-state index in [-0.39, 0.29) is 0 Å². The van der Waals surface area contributed by atoms with Crippen LogP contribution in [0.5, 0.6) is 0 Å². The van der Waals surface area contributed by atoms with E-state index in [1.54, 1.807) is 0 Å². The Hall–Kier alpha value is -0.380. The molecule has 0 aromatic carbocycles. The molecule has 2 atom stereocenters. The highest BCUT2D eigenvalue weighted by Crippen LogP contribution is 2.12. The van der Waals surface area contributed by atoms with E-state index in [0.29, 0.717) is 12.1 Å². The molecule has 14 heavy (non-hydrogen) atoms. The van der Waals surface area contributed by atoms with Gasteiger partial charge in [0.15, 0.2) is 0 Å². The van der Waals surface area contributed by atoms with Gasteiger partial charge < -0.3 is 15.4 Å². The van der Waals surface area contributed by atoms with Gasteiger partial charge in [-0.3, -0.25) is 0 Å². The lowest BCUT2D eigenvalue weighted by Gasteiger charge is -2.29. The van der Waals surface area contributed by atoms with E-state index in [4.69, 9.17) is 4.74 Å². The summed E-state index contributed by atoms with van der Waals surface area (Å²) in [5, 5.41) is 7.01. The number of ether oxygens (including phenoxy) is 1. The van der Waals surface area contributed by atoms with Gasteiger partial charge in [0.1, 0.15) is 0 Å². The number of morpholine rings is 1. The molecular weight excluding hydrogens is 176 g/mol. The molecule has 0 bridgehead atoms. The van der Waals surface area contributed by atoms with Crippen molar-refractivity contribution < 1.29 is 4.74 Å². The third kappa shape index (κ3) is 2.80. The molecule has 0 spiro atoms. The van der Waals surface area contributed by atoms with Gasteiger partial charge in [0.2, 0.25) is 0 Å². The minimum atomic E-state index is 0.531. The molecule has 0 radical (unpaired) electrons. The van der Waals surface area contributed by atoms with Crippen LogP contribution in [0.4, 0.5) is 0 Å². The fourth-order valence-corrected chi connectivity index (χ4v) is 2.17. The topological polar surface area (TPSA) is 33.3 Å². The summed E-state index contributed by atoms with van der Waals surface area (Å²) in [5.74, 6) is 0. The lowest BCUT2D eigenvalue weighted by atomic mass is 10.00. The zero-order valence-electron chi connectivity index (χ0n) is 8.88. The first kappa shape index (κ1) is 10.1. The first-order valence-electron chi connectivity index (χ1n) is 5.56. The highest BCUT2D eigenvalue weighted by atomic mass is 16.5. The van der Waals surface area contributed by atoms with Crippen LogP contribution in [-0.4, -0.2) is 38.4 Å². The molecule has 80 valence electrons. The van der Waals surface area contributed by atoms with Crippen molar-refractivity contribution in [3.8, 4) is 0 Å². The van der Waals surface area contributed by atoms with E-state index in [1.165, 1.54) is 12.0 Å². The Kier molecular flexibility index (Phi) is 3.56. The summed E-state index contributed by atoms with van der Waals surface area (Å²) in [6, 6.07) is 1.08. The maximum Gasteiger partial charge on any atom is 0.0620 e. The second-order valence-corrected chi connectivity index (χ2v) is 4.29. The van der Waals surface area contributed by atoms with Gasteiger partial charge in [0.25, 0.3) is 0 Å². The maximum atomic E-state index is 5.44. The molecule has 2 aliphatic rings. The second kappa shape index (κ2) is 4.91. The van der Waals surface area contributed by atoms with Gasteiger partial charge in [-0.15, -0.1) is 0 Å². The van der Waals surface area contributed by atoms with Gasteiger partial charge >= 0.3 is 0 Å². The predicted molar refractivity (Wildman–Crippen MR) is 57.4 cm³/mol. The molecule has 1 unspecified atom stereocenters. The molecular formula is C11H20N2O. The Morgan fingerprint density at radius 1 is 1.43 bits per heavy atom. The Balaban J connectivity index is 1.80. The lowest BCUT2D eigenvalue weighted by Crippen LogP contribution is -2.46. The van der Waals surface area contributed by atoms with E-state index < -0.39 is 0 Å². The quantitative estimate of drug-likeness (QED) is 0.637. The smallest absolute Gasteiger partial charge is 0.0620 e. The number of hydrogen-bond donors (Lipinski definition) is 2. The fraction of sp³-hybridized carbons (Fsp3) is 0.818. The number of rotatable bonds is 2. The van der Waals surface area contributed by atoms with Crippen molar-refractivity contribution in [2.45, 2.75) is 31.8 Å². The molecule has 2 aliphatic heterocycles. The third-order valence-corrected chi connectivity index (χ3v) is 2.95. The zero-order valence-corrected chi connectivity index (χ0v) is 8.88. The maximum absolute atomic E-state index is 5.44. The van der Waals surface area contributed by atoms with Crippen molar-refractivity contribution in [2.75, 3.05) is 26.3 Å². The molecule has 1 fully saturated rings. The summed E-state index contributed by atoms with van der Waals surface area (Å²) < 4.78 is 5.44. The molecule has 3 heteroatoms. The Morgan fingerprint density at radius 2 is 2.36 bits per heavy atom. The van der Waals surface area contributed by atoms with Gasteiger partial charge in [0, 0.05) is 18.6 Å². The highest BCUT2D eigenvalue weighted by molar-refractivity contribution is 5.09. The van der Waals surface area contributed by atoms with E-state index in [9.17, 15) is 0 Å². The standard InChI is InChI=1S/C11H20N2O/c1-9-2-3-12-10(6-9)7-11-8-14-5-4-13-11/h6,10-13H,2-5,7-8H2,1H3/t10?,11-/m0/s1. The molecule has 2 heterocycles. The van der Waals surface area contributed by atoms with Gasteiger partial charge in [-0.2, -0.15) is 0 Å². The molecule has 3 nitrogen and oxygen atoms in total. The van der Waals surface area contributed by atoms with Crippen molar-refractivity contribution in [2.24, 2.45) is 0 Å². The molecule has 0 saturated carbocycles. The number of hydrogen-bond acceptors (Lipinski definition) is 3. The van der Waals surface area contributed by atoms with Crippen molar-refractivity contribution in [3.63, 3.8) is 0 Å². The van der Waals surface area contributed by atoms with Gasteiger partial charge in [-0.1, -0.05) is 11.6 Å². The predicted octanol–water partition coefficient (Wildman–Crippen LogP) is 0.673. The summed E-state index contributed by atoms with van der Waals surface area (Å²) in [7, 11) is 0.